The van der Waals surface area contributed by atoms with Crippen molar-refractivity contribution in [1.29, 1.82) is 0 Å². The van der Waals surface area contributed by atoms with Crippen LogP contribution in [-0.4, -0.2) is 66.9 Å². The summed E-state index contributed by atoms with van der Waals surface area (Å²) < 4.78 is 11.9. The molecule has 0 spiro atoms. The van der Waals surface area contributed by atoms with E-state index in [9.17, 15) is 24.3 Å². The van der Waals surface area contributed by atoms with Crippen LogP contribution in [0.25, 0.3) is 11.1 Å². The molecule has 13 heteroatoms. The van der Waals surface area contributed by atoms with E-state index in [-0.39, 0.29) is 50.4 Å². The van der Waals surface area contributed by atoms with Gasteiger partial charge in [-0.2, -0.15) is 5.01 Å². The number of rotatable bonds is 2. The Bertz CT molecular complexity index is 1620. The molecule has 11 nitrogen and oxygen atoms in total. The number of pyridine rings is 1. The number of amides is 2. The minimum atomic E-state index is -1.38. The van der Waals surface area contributed by atoms with Gasteiger partial charge in [-0.1, -0.05) is 17.7 Å². The molecule has 1 N–H and O–H groups in total. The monoisotopic (exact) mass is 604 g/mol. The summed E-state index contributed by atoms with van der Waals surface area (Å²) in [6, 6.07) is 4.88. The predicted octanol–water partition coefficient (Wildman–Crippen LogP) is 3.92. The number of anilines is 1. The van der Waals surface area contributed by atoms with Crippen LogP contribution in [0.3, 0.4) is 0 Å². The van der Waals surface area contributed by atoms with Crippen LogP contribution in [0.4, 0.5) is 15.4 Å². The van der Waals surface area contributed by atoms with E-state index in [1.54, 1.807) is 59.7 Å². The fourth-order valence-corrected chi connectivity index (χ4v) is 5.45. The van der Waals surface area contributed by atoms with E-state index in [0.717, 1.165) is 14.6 Å². The third kappa shape index (κ3) is 5.69. The van der Waals surface area contributed by atoms with Crippen molar-refractivity contribution < 1.29 is 33.8 Å². The number of alkyl halides is 1. The molecule has 41 heavy (non-hydrogen) atoms. The average Bonchev–Trinajstić information content (AvgIpc) is 3.32. The number of hydrogen-bond acceptors (Lipinski definition) is 7. The molecule has 3 heterocycles. The molecule has 2 aromatic rings. The van der Waals surface area contributed by atoms with Gasteiger partial charge in [0.25, 0.3) is 5.91 Å². The Morgan fingerprint density at radius 2 is 1.66 bits per heavy atom. The summed E-state index contributed by atoms with van der Waals surface area (Å²) in [5.74, 6) is -1.83. The number of nitrogens with zero attached hydrogens (tertiary/aromatic N) is 4. The highest BCUT2D eigenvalue weighted by atomic mass is 35.5. The summed E-state index contributed by atoms with van der Waals surface area (Å²) >= 11 is 13.7. The summed E-state index contributed by atoms with van der Waals surface area (Å²) in [7, 11) is 0. The number of fused-ring (bicyclic) bond motifs is 1. The van der Waals surface area contributed by atoms with Crippen molar-refractivity contribution in [3.8, 4) is 0 Å². The van der Waals surface area contributed by atoms with Gasteiger partial charge in [0.1, 0.15) is 16.9 Å². The van der Waals surface area contributed by atoms with Crippen LogP contribution in [0.5, 0.6) is 0 Å². The zero-order valence-electron chi connectivity index (χ0n) is 23.6. The largest absolute Gasteiger partial charge is 0.477 e. The van der Waals surface area contributed by atoms with E-state index in [1.165, 1.54) is 19.2 Å². The third-order valence-corrected chi connectivity index (χ3v) is 6.80. The van der Waals surface area contributed by atoms with Gasteiger partial charge < -0.3 is 14.6 Å². The van der Waals surface area contributed by atoms with E-state index < -0.39 is 40.6 Å². The Labute approximate surface area is 246 Å². The molecule has 1 aliphatic carbocycles. The Balaban J connectivity index is 1.96. The van der Waals surface area contributed by atoms with Crippen LogP contribution in [0.2, 0.25) is 0 Å². The first-order valence-electron chi connectivity index (χ1n) is 12.7. The quantitative estimate of drug-likeness (QED) is 0.403. The van der Waals surface area contributed by atoms with Gasteiger partial charge in [0, 0.05) is 22.6 Å². The lowest BCUT2D eigenvalue weighted by Crippen LogP contribution is -2.46. The van der Waals surface area contributed by atoms with Crippen LogP contribution in [0.15, 0.2) is 35.5 Å². The van der Waals surface area contributed by atoms with E-state index in [2.05, 4.69) is 4.98 Å². The van der Waals surface area contributed by atoms with Crippen molar-refractivity contribution in [2.24, 2.45) is 0 Å². The molecule has 2 aliphatic rings. The van der Waals surface area contributed by atoms with Crippen LogP contribution >= 0.6 is 23.2 Å². The smallest absolute Gasteiger partial charge is 0.430 e. The lowest BCUT2D eigenvalue weighted by atomic mass is 9.98. The third-order valence-electron chi connectivity index (χ3n) is 6.06. The summed E-state index contributed by atoms with van der Waals surface area (Å²) in [4.78, 5) is 56.7. The van der Waals surface area contributed by atoms with Gasteiger partial charge in [0.15, 0.2) is 5.82 Å². The van der Waals surface area contributed by atoms with Crippen molar-refractivity contribution in [2.45, 2.75) is 65.0 Å². The van der Waals surface area contributed by atoms with E-state index in [4.69, 9.17) is 32.7 Å². The maximum absolute atomic E-state index is 13.9. The highest BCUT2D eigenvalue weighted by molar-refractivity contribution is 6.51. The standard InChI is InChI=1S/C28H30Cl2N4O7/c1-14-19-17(33(22(14)24(36)37)26(39)41-28(5,6)7)12-16(29)20(21(19)30)15-13-32(25(38)40-27(2,3)4)34(23(15)35)18-10-8-9-11-31-18/h8-12,16H,13H2,1-7H3,(H,36,37). The van der Waals surface area contributed by atoms with Crippen LogP contribution < -0.4 is 15.6 Å². The molecular weight excluding hydrogens is 575 g/mol. The molecule has 4 rings (SSSR count). The van der Waals surface area contributed by atoms with Gasteiger partial charge in [0.2, 0.25) is 0 Å². The second kappa shape index (κ2) is 10.5. The molecule has 1 aliphatic heterocycles. The number of aromatic nitrogens is 2. The predicted molar refractivity (Wildman–Crippen MR) is 152 cm³/mol. The van der Waals surface area contributed by atoms with E-state index >= 15 is 0 Å². The lowest BCUT2D eigenvalue weighted by Gasteiger charge is -2.29. The lowest BCUT2D eigenvalue weighted by molar-refractivity contribution is -0.115. The van der Waals surface area contributed by atoms with Crippen LogP contribution in [0, 0.1) is 6.92 Å². The van der Waals surface area contributed by atoms with Crippen LogP contribution in [0.1, 0.15) is 57.6 Å². The molecule has 0 aromatic carbocycles. The minimum absolute atomic E-state index is 0.0276. The van der Waals surface area contributed by atoms with Crippen molar-refractivity contribution in [3.05, 3.63) is 57.4 Å². The molecule has 2 aromatic heterocycles. The number of ether oxygens (including phenoxy) is 2. The molecular formula is C28H30Cl2N4O7. The molecule has 1 atom stereocenters. The zero-order chi connectivity index (χ0) is 30.6. The summed E-state index contributed by atoms with van der Waals surface area (Å²) in [6.07, 6.45) is 1.19. The van der Waals surface area contributed by atoms with Crippen molar-refractivity contribution in [2.75, 3.05) is 11.6 Å². The second-order valence-electron chi connectivity index (χ2n) is 11.5. The fraction of sp³-hybridized carbons (Fsp3) is 0.393. The van der Waals surface area contributed by atoms with Gasteiger partial charge in [-0.05, 0) is 72.2 Å². The number of aromatic carboxylic acids is 1. The highest BCUT2D eigenvalue weighted by Gasteiger charge is 2.44. The minimum Gasteiger partial charge on any atom is -0.477 e. The molecule has 0 radical (unpaired) electrons. The number of halogens is 2. The molecule has 1 saturated heterocycles. The summed E-state index contributed by atoms with van der Waals surface area (Å²) in [5, 5.41) is 11.4. The van der Waals surface area contributed by atoms with Gasteiger partial charge in [-0.25, -0.2) is 28.9 Å². The topological polar surface area (TPSA) is 131 Å². The summed E-state index contributed by atoms with van der Waals surface area (Å²) in [6.45, 7) is 11.3. The van der Waals surface area contributed by atoms with Gasteiger partial charge in [0.05, 0.1) is 22.3 Å². The average molecular weight is 605 g/mol. The first-order valence-corrected chi connectivity index (χ1v) is 13.5. The number of allylic oxidation sites excluding steroid dienone is 1. The molecule has 1 fully saturated rings. The molecule has 218 valence electrons. The number of hydrazine groups is 1. The normalized spacial score (nSPS) is 19.2. The zero-order valence-corrected chi connectivity index (χ0v) is 25.1. The fourth-order valence-electron chi connectivity index (χ4n) is 4.57. The Kier molecular flexibility index (Phi) is 7.74. The van der Waals surface area contributed by atoms with Gasteiger partial charge >= 0.3 is 18.2 Å². The number of carboxylic acids is 1. The van der Waals surface area contributed by atoms with Crippen molar-refractivity contribution in [1.82, 2.24) is 14.6 Å². The maximum atomic E-state index is 13.9. The number of carboxylic acid groups (broad SMARTS) is 1. The molecule has 2 amide bonds. The second-order valence-corrected chi connectivity index (χ2v) is 12.3. The Morgan fingerprint density at radius 3 is 2.20 bits per heavy atom. The number of hydrogen-bond donors (Lipinski definition) is 1. The van der Waals surface area contributed by atoms with Gasteiger partial charge in [-0.3, -0.25) is 4.79 Å². The SMILES string of the molecule is Cc1c(C(=O)O)n(C(=O)OC(C)(C)C)c2c1=C(Cl)C(=C1CN(C(=O)OC(C)(C)C)N(c3ccccn3)C1=O)C(Cl)C=2. The molecule has 1 unspecified atom stereocenters. The van der Waals surface area contributed by atoms with E-state index in [0.29, 0.717) is 0 Å². The Morgan fingerprint density at radius 1 is 1.05 bits per heavy atom. The van der Waals surface area contributed by atoms with Crippen molar-refractivity contribution >= 4 is 64.2 Å². The first-order chi connectivity index (χ1) is 18.9. The highest BCUT2D eigenvalue weighted by Crippen LogP contribution is 2.35. The van der Waals surface area contributed by atoms with E-state index in [1.807, 2.05) is 0 Å². The maximum Gasteiger partial charge on any atom is 0.430 e. The van der Waals surface area contributed by atoms with Crippen LogP contribution in [-0.2, 0) is 14.3 Å². The van der Waals surface area contributed by atoms with Gasteiger partial charge in [-0.15, -0.1) is 11.6 Å². The molecule has 0 saturated carbocycles. The Hall–Kier alpha value is -3.83. The first kappa shape index (κ1) is 30.1. The van der Waals surface area contributed by atoms with Crippen molar-refractivity contribution in [3.63, 3.8) is 0 Å². The number of carbonyl (C=O) groups is 4. The number of carbonyl (C=O) groups excluding carboxylic acids is 3. The molecule has 0 bridgehead atoms. The summed E-state index contributed by atoms with van der Waals surface area (Å²) in [5.41, 5.74) is -1.69.